The molecule has 0 N–H and O–H groups in total. The van der Waals surface area contributed by atoms with Crippen LogP contribution in [0.2, 0.25) is 0 Å². The Hall–Kier alpha value is -2.33. The fourth-order valence-corrected chi connectivity index (χ4v) is 3.79. The molecule has 2 aliphatic rings. The summed E-state index contributed by atoms with van der Waals surface area (Å²) in [4.78, 5) is 28.4. The van der Waals surface area contributed by atoms with Crippen LogP contribution in [0.15, 0.2) is 0 Å². The average molecular weight is 417 g/mol. The number of halogens is 3. The van der Waals surface area contributed by atoms with Gasteiger partial charge in [0.15, 0.2) is 5.82 Å². The van der Waals surface area contributed by atoms with Crippen LogP contribution in [0.25, 0.3) is 0 Å². The maximum absolute atomic E-state index is 13.0. The summed E-state index contributed by atoms with van der Waals surface area (Å²) in [6, 6.07) is 0. The number of nitrogens with zero attached hydrogens (tertiary/aromatic N) is 5. The smallest absolute Gasteiger partial charge is 0.444 e. The van der Waals surface area contributed by atoms with E-state index in [0.717, 1.165) is 4.57 Å². The number of hydrogen-bond acceptors (Lipinski definition) is 5. The molecule has 0 bridgehead atoms. The highest BCUT2D eigenvalue weighted by atomic mass is 19.4. The van der Waals surface area contributed by atoms with E-state index in [2.05, 4.69) is 10.2 Å². The quantitative estimate of drug-likeness (QED) is 0.702. The van der Waals surface area contributed by atoms with Gasteiger partial charge in [-0.3, -0.25) is 4.79 Å². The van der Waals surface area contributed by atoms with E-state index < -0.39 is 23.7 Å². The lowest BCUT2D eigenvalue weighted by Crippen LogP contribution is -2.50. The fourth-order valence-electron chi connectivity index (χ4n) is 3.79. The van der Waals surface area contributed by atoms with Gasteiger partial charge in [0.25, 0.3) is 0 Å². The molecule has 0 aliphatic carbocycles. The molecule has 3 rings (SSSR count). The Balaban J connectivity index is 1.62. The first kappa shape index (κ1) is 21.4. The van der Waals surface area contributed by atoms with E-state index in [1.807, 2.05) is 6.92 Å². The molecule has 0 spiro atoms. The Morgan fingerprint density at radius 3 is 2.34 bits per heavy atom. The van der Waals surface area contributed by atoms with Gasteiger partial charge in [-0.25, -0.2) is 4.79 Å². The van der Waals surface area contributed by atoms with Crippen molar-refractivity contribution in [3.8, 4) is 0 Å². The predicted molar refractivity (Wildman–Crippen MR) is 95.5 cm³/mol. The number of piperidine rings is 1. The first-order chi connectivity index (χ1) is 13.4. The molecule has 2 amide bonds. The highest BCUT2D eigenvalue weighted by Crippen LogP contribution is 2.31. The number of amides is 2. The van der Waals surface area contributed by atoms with Crippen LogP contribution >= 0.6 is 0 Å². The molecule has 3 heterocycles. The Kier molecular flexibility index (Phi) is 5.52. The molecule has 0 saturated carbocycles. The van der Waals surface area contributed by atoms with Crippen molar-refractivity contribution in [3.05, 3.63) is 11.6 Å². The minimum atomic E-state index is -4.57. The largest absolute Gasteiger partial charge is 0.451 e. The highest BCUT2D eigenvalue weighted by molar-refractivity contribution is 5.79. The first-order valence-electron chi connectivity index (χ1n) is 9.63. The van der Waals surface area contributed by atoms with Crippen LogP contribution in [-0.4, -0.2) is 61.8 Å². The van der Waals surface area contributed by atoms with Crippen LogP contribution in [0.1, 0.15) is 45.8 Å². The van der Waals surface area contributed by atoms with E-state index in [4.69, 9.17) is 4.74 Å². The molecule has 29 heavy (non-hydrogen) atoms. The first-order valence-corrected chi connectivity index (χ1v) is 9.63. The monoisotopic (exact) mass is 417 g/mol. The zero-order chi connectivity index (χ0) is 21.6. The summed E-state index contributed by atoms with van der Waals surface area (Å²) < 4.78 is 45.3. The normalized spacial score (nSPS) is 23.0. The van der Waals surface area contributed by atoms with Gasteiger partial charge in [0.2, 0.25) is 11.7 Å². The Bertz CT molecular complexity index is 787. The second-order valence-electron chi connectivity index (χ2n) is 8.65. The van der Waals surface area contributed by atoms with Gasteiger partial charge in [0.05, 0.1) is 6.54 Å². The third-order valence-corrected chi connectivity index (χ3v) is 5.19. The molecule has 2 atom stereocenters. The number of carbonyl (C=O) groups excluding carboxylic acids is 2. The fraction of sp³-hybridized carbons (Fsp3) is 0.778. The van der Waals surface area contributed by atoms with E-state index in [1.165, 1.54) is 4.90 Å². The van der Waals surface area contributed by atoms with Gasteiger partial charge in [-0.2, -0.15) is 13.2 Å². The summed E-state index contributed by atoms with van der Waals surface area (Å²) in [5, 5.41) is 6.86. The summed E-state index contributed by atoms with van der Waals surface area (Å²) in [5.41, 5.74) is -0.591. The maximum atomic E-state index is 13.0. The van der Waals surface area contributed by atoms with Gasteiger partial charge in [0, 0.05) is 32.1 Å². The van der Waals surface area contributed by atoms with Crippen molar-refractivity contribution < 1.29 is 27.5 Å². The average Bonchev–Trinajstić information content (AvgIpc) is 3.03. The molecular formula is C18H26F3N5O3. The SMILES string of the molecule is C[C@H]1CN(C(=O)OC(C)(C)C)CC[C@H]1C(=O)N1CCn2c(nnc2C(F)(F)F)C1. The third-order valence-electron chi connectivity index (χ3n) is 5.19. The van der Waals surface area contributed by atoms with Crippen molar-refractivity contribution in [1.82, 2.24) is 24.6 Å². The van der Waals surface area contributed by atoms with Crippen LogP contribution in [-0.2, 0) is 28.8 Å². The molecule has 1 aromatic rings. The zero-order valence-electron chi connectivity index (χ0n) is 17.0. The molecule has 8 nitrogen and oxygen atoms in total. The molecule has 0 unspecified atom stereocenters. The topological polar surface area (TPSA) is 80.6 Å². The van der Waals surface area contributed by atoms with Crippen LogP contribution in [0.5, 0.6) is 0 Å². The summed E-state index contributed by atoms with van der Waals surface area (Å²) in [6.07, 6.45) is -4.49. The molecule has 162 valence electrons. The van der Waals surface area contributed by atoms with Crippen molar-refractivity contribution in [2.75, 3.05) is 19.6 Å². The van der Waals surface area contributed by atoms with Crippen molar-refractivity contribution in [1.29, 1.82) is 0 Å². The van der Waals surface area contributed by atoms with Gasteiger partial charge < -0.3 is 19.1 Å². The van der Waals surface area contributed by atoms with Crippen molar-refractivity contribution in [2.45, 2.75) is 59.0 Å². The van der Waals surface area contributed by atoms with E-state index >= 15 is 0 Å². The standard InChI is InChI=1S/C18H26F3N5O3/c1-11-9-25(16(28)29-17(2,3)4)6-5-12(11)14(27)24-7-8-26-13(10-24)22-23-15(26)18(19,20)21/h11-12H,5-10H2,1-4H3/t11-,12+/m0/s1. The summed E-state index contributed by atoms with van der Waals surface area (Å²) >= 11 is 0. The number of hydrogen-bond donors (Lipinski definition) is 0. The number of likely N-dealkylation sites (tertiary alicyclic amines) is 1. The molecule has 1 aromatic heterocycles. The molecule has 11 heteroatoms. The molecule has 1 saturated heterocycles. The second kappa shape index (κ2) is 7.49. The van der Waals surface area contributed by atoms with Crippen molar-refractivity contribution in [2.24, 2.45) is 11.8 Å². The Morgan fingerprint density at radius 2 is 1.76 bits per heavy atom. The second-order valence-corrected chi connectivity index (χ2v) is 8.65. The number of carbonyl (C=O) groups is 2. The third kappa shape index (κ3) is 4.64. The van der Waals surface area contributed by atoms with Crippen LogP contribution in [0.3, 0.4) is 0 Å². The minimum Gasteiger partial charge on any atom is -0.444 e. The van der Waals surface area contributed by atoms with Gasteiger partial charge in [0.1, 0.15) is 5.60 Å². The zero-order valence-corrected chi connectivity index (χ0v) is 17.0. The van der Waals surface area contributed by atoms with Gasteiger partial charge >= 0.3 is 12.3 Å². The lowest BCUT2D eigenvalue weighted by Gasteiger charge is -2.39. The van der Waals surface area contributed by atoms with E-state index in [1.54, 1.807) is 25.7 Å². The molecular weight excluding hydrogens is 391 g/mol. The number of ether oxygens (including phenoxy) is 1. The molecule has 1 fully saturated rings. The summed E-state index contributed by atoms with van der Waals surface area (Å²) in [5.74, 6) is -1.40. The number of aromatic nitrogens is 3. The van der Waals surface area contributed by atoms with Crippen LogP contribution in [0, 0.1) is 11.8 Å². The molecule has 0 radical (unpaired) electrons. The van der Waals surface area contributed by atoms with Gasteiger partial charge in [-0.1, -0.05) is 6.92 Å². The predicted octanol–water partition coefficient (Wildman–Crippen LogP) is 2.53. The Morgan fingerprint density at radius 1 is 1.07 bits per heavy atom. The number of rotatable bonds is 1. The minimum absolute atomic E-state index is 0.000906. The summed E-state index contributed by atoms with van der Waals surface area (Å²) in [7, 11) is 0. The van der Waals surface area contributed by atoms with Crippen LogP contribution < -0.4 is 0 Å². The number of alkyl halides is 3. The van der Waals surface area contributed by atoms with E-state index in [-0.39, 0.29) is 43.2 Å². The van der Waals surface area contributed by atoms with E-state index in [0.29, 0.717) is 19.5 Å². The van der Waals surface area contributed by atoms with Gasteiger partial charge in [-0.15, -0.1) is 10.2 Å². The lowest BCUT2D eigenvalue weighted by atomic mass is 9.85. The molecule has 2 aliphatic heterocycles. The summed E-state index contributed by atoms with van der Waals surface area (Å²) in [6.45, 7) is 8.26. The lowest BCUT2D eigenvalue weighted by molar-refractivity contribution is -0.148. The number of fused-ring (bicyclic) bond motifs is 1. The van der Waals surface area contributed by atoms with E-state index in [9.17, 15) is 22.8 Å². The van der Waals surface area contributed by atoms with Crippen LogP contribution in [0.4, 0.5) is 18.0 Å². The maximum Gasteiger partial charge on any atom is 0.451 e. The highest BCUT2D eigenvalue weighted by Gasteiger charge is 2.41. The molecule has 0 aromatic carbocycles. The van der Waals surface area contributed by atoms with Crippen molar-refractivity contribution >= 4 is 12.0 Å². The Labute approximate surface area is 167 Å². The van der Waals surface area contributed by atoms with Gasteiger partial charge in [-0.05, 0) is 33.1 Å². The van der Waals surface area contributed by atoms with Crippen molar-refractivity contribution in [3.63, 3.8) is 0 Å².